The van der Waals surface area contributed by atoms with Crippen LogP contribution in [0.5, 0.6) is 0 Å². The molecule has 0 aliphatic heterocycles. The molecule has 0 fully saturated rings. The summed E-state index contributed by atoms with van der Waals surface area (Å²) in [5, 5.41) is 0. The lowest BCUT2D eigenvalue weighted by atomic mass is 9.97. The molecule has 0 bridgehead atoms. The molecular formula is C17H12N. The van der Waals surface area contributed by atoms with Gasteiger partial charge in [0.15, 0.2) is 0 Å². The zero-order valence-corrected chi connectivity index (χ0v) is 9.88. The number of rotatable bonds is 2. The lowest BCUT2D eigenvalue weighted by Crippen LogP contribution is -1.86. The van der Waals surface area contributed by atoms with Crippen molar-refractivity contribution >= 4 is 0 Å². The summed E-state index contributed by atoms with van der Waals surface area (Å²) in [6, 6.07) is 23.4. The van der Waals surface area contributed by atoms with E-state index in [1.165, 1.54) is 16.7 Å². The first-order valence-corrected chi connectivity index (χ1v) is 5.91. The van der Waals surface area contributed by atoms with Gasteiger partial charge in [-0.3, -0.25) is 4.98 Å². The average molecular weight is 230 g/mol. The molecule has 1 heterocycles. The maximum absolute atomic E-state index is 4.24. The molecule has 18 heavy (non-hydrogen) atoms. The van der Waals surface area contributed by atoms with E-state index in [0.717, 1.165) is 5.56 Å². The summed E-state index contributed by atoms with van der Waals surface area (Å²) in [4.78, 5) is 4.24. The first-order valence-electron chi connectivity index (χ1n) is 5.91. The molecule has 1 aromatic heterocycles. The van der Waals surface area contributed by atoms with Gasteiger partial charge in [-0.15, -0.1) is 0 Å². The van der Waals surface area contributed by atoms with Gasteiger partial charge in [-0.2, -0.15) is 0 Å². The molecule has 0 saturated heterocycles. The van der Waals surface area contributed by atoms with Crippen LogP contribution < -0.4 is 0 Å². The fraction of sp³-hybridized carbons (Fsp3) is 0. The molecule has 0 spiro atoms. The molecule has 0 aliphatic carbocycles. The van der Waals surface area contributed by atoms with Crippen molar-refractivity contribution in [3.8, 4) is 22.3 Å². The summed E-state index contributed by atoms with van der Waals surface area (Å²) in [5.41, 5.74) is 4.73. The Balaban J connectivity index is 2.18. The van der Waals surface area contributed by atoms with Crippen LogP contribution in [0, 0.1) is 6.07 Å². The smallest absolute Gasteiger partial charge is 0.0352 e. The van der Waals surface area contributed by atoms with E-state index in [4.69, 9.17) is 0 Å². The van der Waals surface area contributed by atoms with Crippen molar-refractivity contribution in [3.05, 3.63) is 79.1 Å². The van der Waals surface area contributed by atoms with Gasteiger partial charge >= 0.3 is 0 Å². The van der Waals surface area contributed by atoms with Gasteiger partial charge in [0, 0.05) is 18.0 Å². The number of nitrogens with zero attached hydrogens (tertiary/aromatic N) is 1. The fourth-order valence-electron chi connectivity index (χ4n) is 2.06. The minimum atomic E-state index is 1.16. The summed E-state index contributed by atoms with van der Waals surface area (Å²) in [7, 11) is 0. The van der Waals surface area contributed by atoms with E-state index >= 15 is 0 Å². The lowest BCUT2D eigenvalue weighted by Gasteiger charge is -2.09. The van der Waals surface area contributed by atoms with E-state index in [0.29, 0.717) is 0 Å². The zero-order chi connectivity index (χ0) is 12.2. The molecule has 85 valence electrons. The van der Waals surface area contributed by atoms with Crippen LogP contribution in [0.15, 0.2) is 73.1 Å². The second-order valence-electron chi connectivity index (χ2n) is 4.08. The van der Waals surface area contributed by atoms with Crippen LogP contribution >= 0.6 is 0 Å². The number of hydrogen-bond acceptors (Lipinski definition) is 1. The van der Waals surface area contributed by atoms with Gasteiger partial charge in [-0.1, -0.05) is 54.6 Å². The molecule has 1 heteroatoms. The highest BCUT2D eigenvalue weighted by Crippen LogP contribution is 2.30. The van der Waals surface area contributed by atoms with Gasteiger partial charge in [-0.05, 0) is 28.8 Å². The van der Waals surface area contributed by atoms with Crippen LogP contribution in [0.1, 0.15) is 0 Å². The summed E-state index contributed by atoms with van der Waals surface area (Å²) < 4.78 is 0. The highest BCUT2D eigenvalue weighted by Gasteiger charge is 2.06. The first-order chi connectivity index (χ1) is 8.95. The van der Waals surface area contributed by atoms with Crippen LogP contribution in [0.4, 0.5) is 0 Å². The van der Waals surface area contributed by atoms with Crippen LogP contribution in [0.25, 0.3) is 22.3 Å². The standard InChI is InChI=1S/C17H12N/c1-3-7-14(8-4-1)16-11-12-18-13-17(16)15-9-5-2-6-10-15/h2-13H. The Labute approximate surface area is 107 Å². The first kappa shape index (κ1) is 10.7. The van der Waals surface area contributed by atoms with Crippen molar-refractivity contribution in [2.75, 3.05) is 0 Å². The molecular weight excluding hydrogens is 218 g/mol. The number of benzene rings is 2. The molecule has 0 saturated carbocycles. The molecule has 2 aromatic carbocycles. The largest absolute Gasteiger partial charge is 0.264 e. The van der Waals surface area contributed by atoms with E-state index in [9.17, 15) is 0 Å². The van der Waals surface area contributed by atoms with E-state index in [1.807, 2.05) is 42.7 Å². The Morgan fingerprint density at radius 2 is 1.44 bits per heavy atom. The van der Waals surface area contributed by atoms with Crippen molar-refractivity contribution in [1.82, 2.24) is 4.98 Å². The Hall–Kier alpha value is -2.41. The molecule has 1 radical (unpaired) electrons. The second kappa shape index (κ2) is 4.84. The van der Waals surface area contributed by atoms with E-state index in [-0.39, 0.29) is 0 Å². The highest BCUT2D eigenvalue weighted by molar-refractivity contribution is 5.82. The van der Waals surface area contributed by atoms with Crippen molar-refractivity contribution < 1.29 is 0 Å². The molecule has 0 atom stereocenters. The Bertz CT molecular complexity index is 572. The van der Waals surface area contributed by atoms with Gasteiger partial charge in [0.05, 0.1) is 0 Å². The average Bonchev–Trinajstić information content (AvgIpc) is 2.49. The Morgan fingerprint density at radius 3 is 2.22 bits per heavy atom. The molecule has 0 aliphatic rings. The Kier molecular flexibility index (Phi) is 2.89. The summed E-state index contributed by atoms with van der Waals surface area (Å²) in [6.07, 6.45) is 3.75. The van der Waals surface area contributed by atoms with Gasteiger partial charge in [0.25, 0.3) is 0 Å². The minimum absolute atomic E-state index is 1.16. The van der Waals surface area contributed by atoms with Crippen LogP contribution in [-0.4, -0.2) is 4.98 Å². The van der Waals surface area contributed by atoms with Crippen molar-refractivity contribution in [2.24, 2.45) is 0 Å². The maximum Gasteiger partial charge on any atom is 0.0352 e. The summed E-state index contributed by atoms with van der Waals surface area (Å²) in [6.45, 7) is 0. The zero-order valence-electron chi connectivity index (χ0n) is 9.88. The van der Waals surface area contributed by atoms with Crippen LogP contribution in [0.2, 0.25) is 0 Å². The van der Waals surface area contributed by atoms with E-state index in [2.05, 4.69) is 41.4 Å². The normalized spacial score (nSPS) is 10.2. The van der Waals surface area contributed by atoms with E-state index in [1.54, 1.807) is 0 Å². The van der Waals surface area contributed by atoms with Gasteiger partial charge < -0.3 is 0 Å². The molecule has 3 aromatic rings. The molecule has 0 N–H and O–H groups in total. The third kappa shape index (κ3) is 2.03. The fourth-order valence-corrected chi connectivity index (χ4v) is 2.06. The van der Waals surface area contributed by atoms with Crippen molar-refractivity contribution in [1.29, 1.82) is 0 Å². The van der Waals surface area contributed by atoms with Gasteiger partial charge in [-0.25, -0.2) is 0 Å². The van der Waals surface area contributed by atoms with Crippen molar-refractivity contribution in [3.63, 3.8) is 0 Å². The number of pyridine rings is 1. The van der Waals surface area contributed by atoms with Crippen LogP contribution in [-0.2, 0) is 0 Å². The Morgan fingerprint density at radius 1 is 0.722 bits per heavy atom. The monoisotopic (exact) mass is 230 g/mol. The molecule has 0 amide bonds. The molecule has 1 nitrogen and oxygen atoms in total. The predicted molar refractivity (Wildman–Crippen MR) is 73.9 cm³/mol. The topological polar surface area (TPSA) is 12.9 Å². The third-order valence-corrected chi connectivity index (χ3v) is 2.94. The van der Waals surface area contributed by atoms with Crippen molar-refractivity contribution in [2.45, 2.75) is 0 Å². The number of aromatic nitrogens is 1. The maximum atomic E-state index is 4.24. The second-order valence-corrected chi connectivity index (χ2v) is 4.08. The summed E-state index contributed by atoms with van der Waals surface area (Å²) in [5.74, 6) is 0. The van der Waals surface area contributed by atoms with E-state index < -0.39 is 0 Å². The molecule has 0 unspecified atom stereocenters. The van der Waals surface area contributed by atoms with Crippen LogP contribution in [0.3, 0.4) is 0 Å². The SMILES string of the molecule is [c]1ccc(-c2ccncc2-c2ccccc2)cc1. The summed E-state index contributed by atoms with van der Waals surface area (Å²) >= 11 is 0. The minimum Gasteiger partial charge on any atom is -0.264 e. The van der Waals surface area contributed by atoms with Gasteiger partial charge in [0.1, 0.15) is 0 Å². The van der Waals surface area contributed by atoms with Gasteiger partial charge in [0.2, 0.25) is 0 Å². The molecule has 3 rings (SSSR count). The predicted octanol–water partition coefficient (Wildman–Crippen LogP) is 4.22. The lowest BCUT2D eigenvalue weighted by molar-refractivity contribution is 1.33. The highest BCUT2D eigenvalue weighted by atomic mass is 14.6. The third-order valence-electron chi connectivity index (χ3n) is 2.94. The quantitative estimate of drug-likeness (QED) is 0.642. The number of hydrogen-bond donors (Lipinski definition) is 0.